The molecule has 0 radical (unpaired) electrons. The number of rotatable bonds is 4. The van der Waals surface area contributed by atoms with Crippen molar-refractivity contribution in [1.82, 2.24) is 25.1 Å². The highest BCUT2D eigenvalue weighted by molar-refractivity contribution is 5.71. The third kappa shape index (κ3) is 3.72. The van der Waals surface area contributed by atoms with Crippen LogP contribution in [0.5, 0.6) is 5.75 Å². The van der Waals surface area contributed by atoms with Crippen LogP contribution in [0.1, 0.15) is 38.4 Å². The first kappa shape index (κ1) is 19.1. The van der Waals surface area contributed by atoms with Crippen molar-refractivity contribution in [1.29, 1.82) is 0 Å². The molecule has 0 saturated heterocycles. The number of ether oxygens (including phenoxy) is 1. The summed E-state index contributed by atoms with van der Waals surface area (Å²) in [4.78, 5) is 14.7. The van der Waals surface area contributed by atoms with E-state index < -0.39 is 11.6 Å². The van der Waals surface area contributed by atoms with Crippen molar-refractivity contribution in [2.75, 3.05) is 7.05 Å². The number of benzene rings is 2. The topological polar surface area (TPSA) is 73.1 Å². The lowest BCUT2D eigenvalue weighted by Gasteiger charge is -2.44. The van der Waals surface area contributed by atoms with Gasteiger partial charge >= 0.3 is 6.09 Å². The molecule has 0 spiro atoms. The van der Waals surface area contributed by atoms with E-state index in [1.165, 1.54) is 0 Å². The lowest BCUT2D eigenvalue weighted by atomic mass is 9.75. The van der Waals surface area contributed by atoms with E-state index in [0.29, 0.717) is 17.5 Å². The zero-order chi connectivity index (χ0) is 20.3. The second-order valence-corrected chi connectivity index (χ2v) is 7.70. The van der Waals surface area contributed by atoms with Crippen LogP contribution >= 0.6 is 0 Å². The van der Waals surface area contributed by atoms with Crippen LogP contribution in [0.25, 0.3) is 5.69 Å². The van der Waals surface area contributed by atoms with Crippen molar-refractivity contribution < 1.29 is 9.53 Å². The van der Waals surface area contributed by atoms with Crippen molar-refractivity contribution in [3.8, 4) is 11.4 Å². The molecule has 150 valence electrons. The Hall–Kier alpha value is -3.22. The molecule has 1 saturated carbocycles. The van der Waals surface area contributed by atoms with Gasteiger partial charge in [-0.25, -0.2) is 4.79 Å². The first-order valence-electron chi connectivity index (χ1n) is 9.95. The Morgan fingerprint density at radius 2 is 1.69 bits per heavy atom. The summed E-state index contributed by atoms with van der Waals surface area (Å²) >= 11 is 0. The molecule has 1 aliphatic rings. The van der Waals surface area contributed by atoms with Gasteiger partial charge in [-0.15, -0.1) is 5.10 Å². The van der Waals surface area contributed by atoms with Crippen LogP contribution in [0.4, 0.5) is 4.79 Å². The molecule has 0 bridgehead atoms. The summed E-state index contributed by atoms with van der Waals surface area (Å²) < 4.78 is 7.37. The molecule has 2 aromatic carbocycles. The SMILES string of the molecule is CC1CCC(c2nnnn2-c2ccccc2)(N(C)C(=O)Oc2ccccc2)CC1. The standard InChI is InChI=1S/C22H25N5O2/c1-17-13-15-22(16-14-17,26(2)21(28)29-19-11-7-4-8-12-19)20-23-24-25-27(20)18-9-5-3-6-10-18/h3-12,17H,13-16H2,1-2H3. The van der Waals surface area contributed by atoms with Crippen molar-refractivity contribution in [2.45, 2.75) is 38.1 Å². The van der Waals surface area contributed by atoms with Crippen LogP contribution in [0.3, 0.4) is 0 Å². The quantitative estimate of drug-likeness (QED) is 0.666. The normalized spacial score (nSPS) is 21.5. The Balaban J connectivity index is 1.71. The number of hydrogen-bond donors (Lipinski definition) is 0. The van der Waals surface area contributed by atoms with Crippen molar-refractivity contribution in [2.24, 2.45) is 5.92 Å². The van der Waals surface area contributed by atoms with E-state index in [1.54, 1.807) is 28.8 Å². The second kappa shape index (κ2) is 8.03. The molecule has 0 atom stereocenters. The van der Waals surface area contributed by atoms with Crippen LogP contribution in [-0.2, 0) is 5.54 Å². The molecule has 7 heteroatoms. The number of aromatic nitrogens is 4. The zero-order valence-corrected chi connectivity index (χ0v) is 16.7. The van der Waals surface area contributed by atoms with E-state index >= 15 is 0 Å². The van der Waals surface area contributed by atoms with Crippen molar-refractivity contribution in [3.63, 3.8) is 0 Å². The van der Waals surface area contributed by atoms with Gasteiger partial charge in [0.2, 0.25) is 0 Å². The van der Waals surface area contributed by atoms with Gasteiger partial charge in [-0.3, -0.25) is 4.90 Å². The summed E-state index contributed by atoms with van der Waals surface area (Å²) in [5, 5.41) is 12.6. The summed E-state index contributed by atoms with van der Waals surface area (Å²) in [6, 6.07) is 18.9. The largest absolute Gasteiger partial charge is 0.415 e. The first-order valence-corrected chi connectivity index (χ1v) is 9.95. The van der Waals surface area contributed by atoms with E-state index in [1.807, 2.05) is 48.5 Å². The summed E-state index contributed by atoms with van der Waals surface area (Å²) in [6.07, 6.45) is 3.13. The number of carbonyl (C=O) groups excluding carboxylic acids is 1. The minimum Gasteiger partial charge on any atom is -0.410 e. The van der Waals surface area contributed by atoms with Gasteiger partial charge in [0.25, 0.3) is 0 Å². The summed E-state index contributed by atoms with van der Waals surface area (Å²) in [6.45, 7) is 2.24. The predicted molar refractivity (Wildman–Crippen MR) is 109 cm³/mol. The Morgan fingerprint density at radius 1 is 1.07 bits per heavy atom. The lowest BCUT2D eigenvalue weighted by molar-refractivity contribution is 0.0514. The van der Waals surface area contributed by atoms with Gasteiger partial charge in [-0.05, 0) is 66.3 Å². The summed E-state index contributed by atoms with van der Waals surface area (Å²) in [5.74, 6) is 1.79. The van der Waals surface area contributed by atoms with Crippen LogP contribution in [-0.4, -0.2) is 38.2 Å². The number of amides is 1. The molecule has 0 unspecified atom stereocenters. The number of carbonyl (C=O) groups is 1. The van der Waals surface area contributed by atoms with Crippen LogP contribution < -0.4 is 4.74 Å². The number of tetrazole rings is 1. The molecule has 3 aromatic rings. The number of nitrogens with zero attached hydrogens (tertiary/aromatic N) is 5. The first-order chi connectivity index (χ1) is 14.1. The Bertz CT molecular complexity index is 950. The van der Waals surface area contributed by atoms with E-state index in [-0.39, 0.29) is 0 Å². The van der Waals surface area contributed by atoms with Crippen LogP contribution in [0, 0.1) is 5.92 Å². The second-order valence-electron chi connectivity index (χ2n) is 7.70. The minimum absolute atomic E-state index is 0.409. The van der Waals surface area contributed by atoms with E-state index in [0.717, 1.165) is 31.4 Å². The third-order valence-corrected chi connectivity index (χ3v) is 5.85. The monoisotopic (exact) mass is 391 g/mol. The van der Waals surface area contributed by atoms with Crippen molar-refractivity contribution >= 4 is 6.09 Å². The molecule has 1 heterocycles. The van der Waals surface area contributed by atoms with Crippen LogP contribution in [0.2, 0.25) is 0 Å². The number of hydrogen-bond acceptors (Lipinski definition) is 5. The zero-order valence-electron chi connectivity index (χ0n) is 16.7. The van der Waals surface area contributed by atoms with Gasteiger partial charge < -0.3 is 4.74 Å². The highest BCUT2D eigenvalue weighted by Gasteiger charge is 2.46. The average molecular weight is 391 g/mol. The number of para-hydroxylation sites is 2. The predicted octanol–water partition coefficient (Wildman–Crippen LogP) is 4.20. The van der Waals surface area contributed by atoms with Gasteiger partial charge in [0.1, 0.15) is 11.3 Å². The van der Waals surface area contributed by atoms with Gasteiger partial charge in [-0.2, -0.15) is 4.68 Å². The van der Waals surface area contributed by atoms with E-state index in [2.05, 4.69) is 22.4 Å². The molecule has 1 fully saturated rings. The molecule has 0 aliphatic heterocycles. The van der Waals surface area contributed by atoms with E-state index in [9.17, 15) is 4.79 Å². The Labute approximate surface area is 170 Å². The fourth-order valence-electron chi connectivity index (χ4n) is 4.00. The van der Waals surface area contributed by atoms with Gasteiger partial charge in [0.15, 0.2) is 5.82 Å². The molecule has 1 aliphatic carbocycles. The third-order valence-electron chi connectivity index (χ3n) is 5.85. The average Bonchev–Trinajstić information content (AvgIpc) is 3.26. The minimum atomic E-state index is -0.627. The van der Waals surface area contributed by atoms with Gasteiger partial charge in [0.05, 0.1) is 5.69 Å². The smallest absolute Gasteiger partial charge is 0.410 e. The molecule has 0 N–H and O–H groups in total. The van der Waals surface area contributed by atoms with Crippen LogP contribution in [0.15, 0.2) is 60.7 Å². The molecule has 29 heavy (non-hydrogen) atoms. The fourth-order valence-corrected chi connectivity index (χ4v) is 4.00. The highest BCUT2D eigenvalue weighted by atomic mass is 16.6. The molecular formula is C22H25N5O2. The highest BCUT2D eigenvalue weighted by Crippen LogP contribution is 2.43. The van der Waals surface area contributed by atoms with Gasteiger partial charge in [0, 0.05) is 7.05 Å². The Morgan fingerprint density at radius 3 is 2.34 bits per heavy atom. The fraction of sp³-hybridized carbons (Fsp3) is 0.364. The Kier molecular flexibility index (Phi) is 5.29. The molecule has 4 rings (SSSR count). The maximum Gasteiger partial charge on any atom is 0.415 e. The van der Waals surface area contributed by atoms with E-state index in [4.69, 9.17) is 4.74 Å². The molecule has 1 aromatic heterocycles. The molecule has 1 amide bonds. The maximum atomic E-state index is 13.1. The maximum absolute atomic E-state index is 13.1. The summed E-state index contributed by atoms with van der Waals surface area (Å²) in [7, 11) is 1.78. The summed E-state index contributed by atoms with van der Waals surface area (Å²) in [5.41, 5.74) is 0.243. The lowest BCUT2D eigenvalue weighted by Crippen LogP contribution is -2.51. The molecule has 7 nitrogen and oxygen atoms in total. The van der Waals surface area contributed by atoms with Crippen molar-refractivity contribution in [3.05, 3.63) is 66.5 Å². The molecular weight excluding hydrogens is 366 g/mol. The van der Waals surface area contributed by atoms with Gasteiger partial charge in [-0.1, -0.05) is 43.3 Å².